The van der Waals surface area contributed by atoms with Gasteiger partial charge >= 0.3 is 0 Å². The third-order valence-electron chi connectivity index (χ3n) is 3.27. The molecule has 17 heavy (non-hydrogen) atoms. The van der Waals surface area contributed by atoms with Gasteiger partial charge in [-0.25, -0.2) is 0 Å². The number of aliphatic hydroxyl groups is 1. The van der Waals surface area contributed by atoms with Gasteiger partial charge in [0.05, 0.1) is 6.10 Å². The third kappa shape index (κ3) is 3.93. The fourth-order valence-electron chi connectivity index (χ4n) is 2.29. The van der Waals surface area contributed by atoms with Gasteiger partial charge in [-0.1, -0.05) is 24.4 Å². The van der Waals surface area contributed by atoms with E-state index in [0.717, 1.165) is 34.7 Å². The van der Waals surface area contributed by atoms with E-state index in [1.54, 1.807) is 11.3 Å². The second-order valence-corrected chi connectivity index (χ2v) is 7.17. The number of hydrogen-bond donors (Lipinski definition) is 2. The molecule has 0 aromatic carbocycles. The highest BCUT2D eigenvalue weighted by Crippen LogP contribution is 2.32. The van der Waals surface area contributed by atoms with E-state index >= 15 is 0 Å². The van der Waals surface area contributed by atoms with Crippen LogP contribution in [0.15, 0.2) is 10.5 Å². The number of hydrogen-bond acceptors (Lipinski definition) is 3. The molecule has 1 aromatic heterocycles. The van der Waals surface area contributed by atoms with E-state index in [1.165, 1.54) is 17.7 Å². The van der Waals surface area contributed by atoms with E-state index in [-0.39, 0.29) is 6.10 Å². The molecule has 2 nitrogen and oxygen atoms in total. The highest BCUT2D eigenvalue weighted by Gasteiger charge is 2.22. The normalized spacial score (nSPS) is 25.1. The highest BCUT2D eigenvalue weighted by atomic mass is 79.9. The molecule has 2 N–H and O–H groups in total. The van der Waals surface area contributed by atoms with Crippen molar-refractivity contribution in [1.82, 2.24) is 5.32 Å². The Morgan fingerprint density at radius 2 is 2.24 bits per heavy atom. The highest BCUT2D eigenvalue weighted by molar-refractivity contribution is 9.10. The largest absolute Gasteiger partial charge is 0.393 e. The van der Waals surface area contributed by atoms with Gasteiger partial charge in [0.25, 0.3) is 0 Å². The lowest BCUT2D eigenvalue weighted by Crippen LogP contribution is -2.33. The zero-order chi connectivity index (χ0) is 12.3. The fraction of sp³-hybridized carbons (Fsp3) is 0.667. The molecule has 0 saturated heterocycles. The van der Waals surface area contributed by atoms with Gasteiger partial charge in [-0.2, -0.15) is 0 Å². The minimum atomic E-state index is -0.116. The lowest BCUT2D eigenvalue weighted by atomic mass is 9.86. The maximum atomic E-state index is 9.85. The molecular formula is C12H17BrClNOS. The molecular weight excluding hydrogens is 322 g/mol. The molecule has 2 unspecified atom stereocenters. The summed E-state index contributed by atoms with van der Waals surface area (Å²) < 4.78 is 1.78. The average molecular weight is 339 g/mol. The van der Waals surface area contributed by atoms with Crippen LogP contribution in [-0.4, -0.2) is 17.8 Å². The average Bonchev–Trinajstić information content (AvgIpc) is 2.61. The smallest absolute Gasteiger partial charge is 0.107 e. The maximum absolute atomic E-state index is 9.85. The Balaban J connectivity index is 1.75. The summed E-state index contributed by atoms with van der Waals surface area (Å²) in [5.74, 6) is 0.419. The molecule has 0 aliphatic heterocycles. The van der Waals surface area contributed by atoms with Gasteiger partial charge in [-0.15, -0.1) is 11.3 Å². The van der Waals surface area contributed by atoms with E-state index in [9.17, 15) is 5.11 Å². The van der Waals surface area contributed by atoms with Crippen molar-refractivity contribution >= 4 is 38.9 Å². The summed E-state index contributed by atoms with van der Waals surface area (Å²) in [7, 11) is 0. The Morgan fingerprint density at radius 1 is 1.47 bits per heavy atom. The minimum absolute atomic E-state index is 0.116. The Morgan fingerprint density at radius 3 is 2.88 bits per heavy atom. The molecule has 1 aromatic rings. The molecule has 1 aliphatic rings. The van der Waals surface area contributed by atoms with Crippen LogP contribution in [0.2, 0.25) is 4.34 Å². The molecule has 5 heteroatoms. The lowest BCUT2D eigenvalue weighted by molar-refractivity contribution is 0.0695. The van der Waals surface area contributed by atoms with Crippen molar-refractivity contribution in [3.63, 3.8) is 0 Å². The van der Waals surface area contributed by atoms with Gasteiger partial charge < -0.3 is 10.4 Å². The number of thiophene rings is 1. The first kappa shape index (κ1) is 13.8. The zero-order valence-corrected chi connectivity index (χ0v) is 12.7. The lowest BCUT2D eigenvalue weighted by Gasteiger charge is -2.27. The maximum Gasteiger partial charge on any atom is 0.107 e. The van der Waals surface area contributed by atoms with Crippen molar-refractivity contribution in [2.75, 3.05) is 6.54 Å². The standard InChI is InChI=1S/C12H17BrClNOS/c13-10-5-9(17-12(10)14)7-15-6-8-3-1-2-4-11(8)16/h5,8,11,15-16H,1-4,6-7H2. The molecule has 1 aliphatic carbocycles. The number of nitrogens with one attached hydrogen (secondary N) is 1. The molecule has 0 amide bonds. The van der Waals surface area contributed by atoms with Crippen LogP contribution < -0.4 is 5.32 Å². The van der Waals surface area contributed by atoms with E-state index < -0.39 is 0 Å². The summed E-state index contributed by atoms with van der Waals surface area (Å²) in [4.78, 5) is 1.23. The van der Waals surface area contributed by atoms with Gasteiger partial charge in [-0.05, 0) is 40.8 Å². The van der Waals surface area contributed by atoms with Crippen LogP contribution in [0.5, 0.6) is 0 Å². The van der Waals surface area contributed by atoms with Gasteiger partial charge in [0.15, 0.2) is 0 Å². The monoisotopic (exact) mass is 337 g/mol. The van der Waals surface area contributed by atoms with Crippen molar-refractivity contribution < 1.29 is 5.11 Å². The molecule has 2 rings (SSSR count). The predicted octanol–water partition coefficient (Wildman–Crippen LogP) is 3.80. The van der Waals surface area contributed by atoms with E-state index in [1.807, 2.05) is 0 Å². The quantitative estimate of drug-likeness (QED) is 0.875. The molecule has 1 heterocycles. The Bertz CT molecular complexity index is 352. The summed E-state index contributed by atoms with van der Waals surface area (Å²) in [6.07, 6.45) is 4.41. The molecule has 1 fully saturated rings. The first-order valence-corrected chi connectivity index (χ1v) is 7.98. The van der Waals surface area contributed by atoms with Crippen molar-refractivity contribution in [2.45, 2.75) is 38.3 Å². The molecule has 96 valence electrons. The van der Waals surface area contributed by atoms with Crippen LogP contribution in [0.3, 0.4) is 0 Å². The van der Waals surface area contributed by atoms with E-state index in [4.69, 9.17) is 11.6 Å². The van der Waals surface area contributed by atoms with Crippen molar-refractivity contribution in [1.29, 1.82) is 0 Å². The van der Waals surface area contributed by atoms with E-state index in [2.05, 4.69) is 27.3 Å². The summed E-state index contributed by atoms with van der Waals surface area (Å²) >= 11 is 11.0. The molecule has 1 saturated carbocycles. The van der Waals surface area contributed by atoms with Crippen molar-refractivity contribution in [2.24, 2.45) is 5.92 Å². The van der Waals surface area contributed by atoms with Gasteiger partial charge in [0.2, 0.25) is 0 Å². The van der Waals surface area contributed by atoms with E-state index in [0.29, 0.717) is 5.92 Å². The molecule has 2 atom stereocenters. The van der Waals surface area contributed by atoms with Crippen LogP contribution in [0, 0.1) is 5.92 Å². The van der Waals surface area contributed by atoms with Crippen molar-refractivity contribution in [3.05, 3.63) is 19.8 Å². The first-order chi connectivity index (χ1) is 8.16. The van der Waals surface area contributed by atoms with Crippen LogP contribution in [0.25, 0.3) is 0 Å². The molecule has 0 spiro atoms. The van der Waals surface area contributed by atoms with Crippen LogP contribution in [0.4, 0.5) is 0 Å². The SMILES string of the molecule is OC1CCCCC1CNCc1cc(Br)c(Cl)s1. The van der Waals surface area contributed by atoms with Crippen molar-refractivity contribution in [3.8, 4) is 0 Å². The Kier molecular flexibility index (Phi) is 5.30. The topological polar surface area (TPSA) is 32.3 Å². The minimum Gasteiger partial charge on any atom is -0.393 e. The number of aliphatic hydroxyl groups excluding tert-OH is 1. The molecule has 0 bridgehead atoms. The van der Waals surface area contributed by atoms with Gasteiger partial charge in [0.1, 0.15) is 4.34 Å². The number of halogens is 2. The Labute approximate surface area is 120 Å². The van der Waals surface area contributed by atoms with Crippen LogP contribution in [0.1, 0.15) is 30.6 Å². The fourth-order valence-corrected chi connectivity index (χ4v) is 4.05. The first-order valence-electron chi connectivity index (χ1n) is 5.99. The predicted molar refractivity (Wildman–Crippen MR) is 76.7 cm³/mol. The van der Waals surface area contributed by atoms with Gasteiger partial charge in [-0.3, -0.25) is 0 Å². The summed E-state index contributed by atoms with van der Waals surface area (Å²) in [5.41, 5.74) is 0. The Hall–Kier alpha value is 0.390. The zero-order valence-electron chi connectivity index (χ0n) is 9.59. The summed E-state index contributed by atoms with van der Waals surface area (Å²) in [6, 6.07) is 2.05. The summed E-state index contributed by atoms with van der Waals surface area (Å²) in [6.45, 7) is 1.73. The number of rotatable bonds is 4. The van der Waals surface area contributed by atoms with Gasteiger partial charge in [0, 0.05) is 22.4 Å². The van der Waals surface area contributed by atoms with Crippen LogP contribution in [-0.2, 0) is 6.54 Å². The third-order valence-corrected chi connectivity index (χ3v) is 5.75. The van der Waals surface area contributed by atoms with Crippen LogP contribution >= 0.6 is 38.9 Å². The second kappa shape index (κ2) is 6.53. The summed E-state index contributed by atoms with van der Waals surface area (Å²) in [5, 5.41) is 13.3. The molecule has 0 radical (unpaired) electrons. The second-order valence-electron chi connectivity index (χ2n) is 4.58.